The number of hydrogen-bond donors (Lipinski definition) is 0. The van der Waals surface area contributed by atoms with Crippen LogP contribution in [0.15, 0.2) is 48.5 Å². The first-order chi connectivity index (χ1) is 12.0. The van der Waals surface area contributed by atoms with Crippen LogP contribution in [-0.4, -0.2) is 24.3 Å². The molecule has 2 aromatic carbocycles. The van der Waals surface area contributed by atoms with Crippen molar-refractivity contribution in [2.24, 2.45) is 5.92 Å². The molecule has 3 rings (SSSR count). The van der Waals surface area contributed by atoms with E-state index in [1.165, 1.54) is 17.0 Å². The highest BCUT2D eigenvalue weighted by molar-refractivity contribution is 6.30. The fourth-order valence-electron chi connectivity index (χ4n) is 2.83. The minimum Gasteiger partial charge on any atom is -0.465 e. The Morgan fingerprint density at radius 1 is 1.12 bits per heavy atom. The van der Waals surface area contributed by atoms with E-state index in [4.69, 9.17) is 4.74 Å². The van der Waals surface area contributed by atoms with Crippen LogP contribution in [0, 0.1) is 11.7 Å². The summed E-state index contributed by atoms with van der Waals surface area (Å²) in [4.78, 5) is 38.9. The lowest BCUT2D eigenvalue weighted by atomic mass is 9.90. The summed E-state index contributed by atoms with van der Waals surface area (Å²) in [5.41, 5.74) is 1.41. The summed E-state index contributed by atoms with van der Waals surface area (Å²) in [5.74, 6) is -3.93. The molecule has 1 aliphatic heterocycles. The number of ether oxygens (including phenoxy) is 1. The lowest BCUT2D eigenvalue weighted by Gasteiger charge is -2.32. The monoisotopic (exact) mass is 341 g/mol. The van der Waals surface area contributed by atoms with E-state index in [1.807, 2.05) is 0 Å². The van der Waals surface area contributed by atoms with Gasteiger partial charge in [0, 0.05) is 5.56 Å². The van der Waals surface area contributed by atoms with Gasteiger partial charge in [-0.1, -0.05) is 24.3 Å². The Balaban J connectivity index is 2.01. The van der Waals surface area contributed by atoms with Gasteiger partial charge in [0.05, 0.1) is 18.8 Å². The van der Waals surface area contributed by atoms with Crippen molar-refractivity contribution < 1.29 is 23.5 Å². The molecule has 1 atom stereocenters. The number of benzene rings is 2. The number of anilines is 1. The number of nitrogens with zero attached hydrogens (tertiary/aromatic N) is 1. The zero-order valence-electron chi connectivity index (χ0n) is 13.6. The zero-order chi connectivity index (χ0) is 18.0. The van der Waals surface area contributed by atoms with E-state index in [-0.39, 0.29) is 19.0 Å². The summed E-state index contributed by atoms with van der Waals surface area (Å²) in [6, 6.07) is 12.3. The topological polar surface area (TPSA) is 63.7 Å². The number of ketones is 1. The molecule has 2 aromatic rings. The molecular weight excluding hydrogens is 325 g/mol. The number of rotatable bonds is 4. The summed E-state index contributed by atoms with van der Waals surface area (Å²) in [5, 5.41) is 0. The average Bonchev–Trinajstić information content (AvgIpc) is 2.60. The Kier molecular flexibility index (Phi) is 4.61. The first kappa shape index (κ1) is 16.8. The Hall–Kier alpha value is -3.02. The minimum absolute atomic E-state index is 0.0789. The predicted octanol–water partition coefficient (Wildman–Crippen LogP) is 2.73. The van der Waals surface area contributed by atoms with Crippen LogP contribution in [0.5, 0.6) is 0 Å². The summed E-state index contributed by atoms with van der Waals surface area (Å²) >= 11 is 0. The van der Waals surface area contributed by atoms with Gasteiger partial charge in [0.15, 0.2) is 11.7 Å². The molecule has 0 saturated carbocycles. The van der Waals surface area contributed by atoms with Crippen LogP contribution < -0.4 is 4.90 Å². The largest absolute Gasteiger partial charge is 0.465 e. The first-order valence-corrected chi connectivity index (χ1v) is 7.88. The van der Waals surface area contributed by atoms with E-state index in [9.17, 15) is 18.8 Å². The molecule has 0 saturated heterocycles. The minimum atomic E-state index is -1.50. The number of fused-ring (bicyclic) bond motifs is 1. The molecule has 0 bridgehead atoms. The quantitative estimate of drug-likeness (QED) is 0.634. The van der Waals surface area contributed by atoms with Crippen molar-refractivity contribution in [3.05, 3.63) is 65.5 Å². The molecule has 1 amide bonds. The number of para-hydroxylation sites is 1. The SMILES string of the molecule is CCOC(=O)C1C(=O)c2ccccc2N(Cc2ccc(F)cc2)C1=O. The maximum atomic E-state index is 13.1. The van der Waals surface area contributed by atoms with Gasteiger partial charge in [0.1, 0.15) is 5.82 Å². The molecule has 5 nitrogen and oxygen atoms in total. The fraction of sp³-hybridized carbons (Fsp3) is 0.211. The van der Waals surface area contributed by atoms with Crippen LogP contribution in [0.2, 0.25) is 0 Å². The van der Waals surface area contributed by atoms with Crippen LogP contribution in [0.25, 0.3) is 0 Å². The highest BCUT2D eigenvalue weighted by atomic mass is 19.1. The standard InChI is InChI=1S/C19H16FNO4/c1-2-25-19(24)16-17(22)14-5-3-4-6-15(14)21(18(16)23)11-12-7-9-13(20)10-8-12/h3-10,16H,2,11H2,1H3. The molecule has 1 aliphatic rings. The molecule has 0 radical (unpaired) electrons. The third kappa shape index (κ3) is 3.15. The number of amides is 1. The maximum absolute atomic E-state index is 13.1. The van der Waals surface area contributed by atoms with Gasteiger partial charge >= 0.3 is 5.97 Å². The second-order valence-corrected chi connectivity index (χ2v) is 5.62. The van der Waals surface area contributed by atoms with Gasteiger partial charge in [0.2, 0.25) is 5.91 Å². The maximum Gasteiger partial charge on any atom is 0.326 e. The molecule has 0 fully saturated rings. The van der Waals surface area contributed by atoms with Crippen molar-refractivity contribution in [2.75, 3.05) is 11.5 Å². The second-order valence-electron chi connectivity index (χ2n) is 5.62. The summed E-state index contributed by atoms with van der Waals surface area (Å²) in [6.45, 7) is 1.81. The van der Waals surface area contributed by atoms with E-state index in [1.54, 1.807) is 43.3 Å². The summed E-state index contributed by atoms with van der Waals surface area (Å²) in [7, 11) is 0. The highest BCUT2D eigenvalue weighted by Gasteiger charge is 2.44. The number of carbonyl (C=O) groups is 3. The average molecular weight is 341 g/mol. The van der Waals surface area contributed by atoms with Gasteiger partial charge in [-0.2, -0.15) is 0 Å². The lowest BCUT2D eigenvalue weighted by Crippen LogP contribution is -2.48. The van der Waals surface area contributed by atoms with Gasteiger partial charge < -0.3 is 9.64 Å². The number of esters is 1. The van der Waals surface area contributed by atoms with Gasteiger partial charge in [0.25, 0.3) is 0 Å². The van der Waals surface area contributed by atoms with Crippen molar-refractivity contribution in [1.29, 1.82) is 0 Å². The van der Waals surface area contributed by atoms with Crippen LogP contribution in [0.1, 0.15) is 22.8 Å². The number of carbonyl (C=O) groups excluding carboxylic acids is 3. The Morgan fingerprint density at radius 2 is 1.80 bits per heavy atom. The summed E-state index contributed by atoms with van der Waals surface area (Å²) < 4.78 is 18.0. The van der Waals surface area contributed by atoms with E-state index in [0.29, 0.717) is 16.8 Å². The van der Waals surface area contributed by atoms with E-state index in [2.05, 4.69) is 0 Å². The fourth-order valence-corrected chi connectivity index (χ4v) is 2.83. The Morgan fingerprint density at radius 3 is 2.48 bits per heavy atom. The third-order valence-electron chi connectivity index (χ3n) is 4.01. The highest BCUT2D eigenvalue weighted by Crippen LogP contribution is 2.32. The molecule has 0 aliphatic carbocycles. The summed E-state index contributed by atoms with van der Waals surface area (Å²) in [6.07, 6.45) is 0. The first-order valence-electron chi connectivity index (χ1n) is 7.88. The van der Waals surface area contributed by atoms with Crippen molar-refractivity contribution in [2.45, 2.75) is 13.5 Å². The zero-order valence-corrected chi connectivity index (χ0v) is 13.6. The predicted molar refractivity (Wildman–Crippen MR) is 88.5 cm³/mol. The molecule has 25 heavy (non-hydrogen) atoms. The molecule has 1 unspecified atom stereocenters. The smallest absolute Gasteiger partial charge is 0.326 e. The second kappa shape index (κ2) is 6.84. The van der Waals surface area contributed by atoms with Crippen molar-refractivity contribution in [1.82, 2.24) is 0 Å². The van der Waals surface area contributed by atoms with Crippen LogP contribution in [-0.2, 0) is 20.9 Å². The van der Waals surface area contributed by atoms with Crippen molar-refractivity contribution in [3.8, 4) is 0 Å². The number of halogens is 1. The van der Waals surface area contributed by atoms with E-state index < -0.39 is 23.6 Å². The third-order valence-corrected chi connectivity index (χ3v) is 4.01. The molecule has 0 aromatic heterocycles. The molecule has 6 heteroatoms. The lowest BCUT2D eigenvalue weighted by molar-refractivity contribution is -0.149. The molecule has 128 valence electrons. The molecule has 0 N–H and O–H groups in total. The normalized spacial score (nSPS) is 16.6. The van der Waals surface area contributed by atoms with E-state index in [0.717, 1.165) is 0 Å². The van der Waals surface area contributed by atoms with Gasteiger partial charge in [-0.15, -0.1) is 0 Å². The Labute approximate surface area is 144 Å². The van der Waals surface area contributed by atoms with Gasteiger partial charge in [-0.25, -0.2) is 4.39 Å². The van der Waals surface area contributed by atoms with E-state index >= 15 is 0 Å². The molecule has 0 spiro atoms. The van der Waals surface area contributed by atoms with Crippen molar-refractivity contribution >= 4 is 23.3 Å². The van der Waals surface area contributed by atoms with Gasteiger partial charge in [-0.3, -0.25) is 14.4 Å². The molecular formula is C19H16FNO4. The van der Waals surface area contributed by atoms with Crippen molar-refractivity contribution in [3.63, 3.8) is 0 Å². The van der Waals surface area contributed by atoms with Crippen LogP contribution >= 0.6 is 0 Å². The van der Waals surface area contributed by atoms with Crippen LogP contribution in [0.3, 0.4) is 0 Å². The van der Waals surface area contributed by atoms with Gasteiger partial charge in [-0.05, 0) is 36.8 Å². The number of Topliss-reactive ketones (excluding diaryl/α,β-unsaturated/α-hetero) is 1. The Bertz CT molecular complexity index is 832. The van der Waals surface area contributed by atoms with Crippen LogP contribution in [0.4, 0.5) is 10.1 Å². The number of hydrogen-bond acceptors (Lipinski definition) is 4. The molecule has 1 heterocycles.